The van der Waals surface area contributed by atoms with Crippen molar-refractivity contribution in [3.63, 3.8) is 0 Å². The third-order valence-electron chi connectivity index (χ3n) is 2.47. The number of nitrogens with zero attached hydrogens (tertiary/aromatic N) is 1. The molecule has 0 saturated heterocycles. The van der Waals surface area contributed by atoms with Crippen LogP contribution in [0.4, 0.5) is 0 Å². The summed E-state index contributed by atoms with van der Waals surface area (Å²) in [6, 6.07) is 5.90. The van der Waals surface area contributed by atoms with Crippen LogP contribution in [0, 0.1) is 3.57 Å². The van der Waals surface area contributed by atoms with Gasteiger partial charge in [-0.25, -0.2) is 4.79 Å². The predicted octanol–water partition coefficient (Wildman–Crippen LogP) is 3.74. The number of thioether (sulfide) groups is 1. The van der Waals surface area contributed by atoms with E-state index < -0.39 is 0 Å². The molecule has 0 radical (unpaired) electrons. The molecule has 1 aromatic heterocycles. The summed E-state index contributed by atoms with van der Waals surface area (Å²) < 4.78 is 6.13. The Kier molecular flexibility index (Phi) is 4.45. The molecule has 0 aliphatic heterocycles. The Morgan fingerprint density at radius 2 is 2.22 bits per heavy atom. The van der Waals surface area contributed by atoms with E-state index in [0.717, 1.165) is 14.5 Å². The van der Waals surface area contributed by atoms with Gasteiger partial charge in [-0.15, -0.1) is 11.8 Å². The quantitative estimate of drug-likeness (QED) is 0.467. The Morgan fingerprint density at radius 1 is 1.44 bits per heavy atom. The zero-order valence-corrected chi connectivity index (χ0v) is 13.0. The molecule has 0 bridgehead atoms. The summed E-state index contributed by atoms with van der Waals surface area (Å²) in [5.41, 5.74) is 1.39. The predicted molar refractivity (Wildman–Crippen MR) is 82.2 cm³/mol. The van der Waals surface area contributed by atoms with Gasteiger partial charge in [0.1, 0.15) is 0 Å². The molecule has 0 amide bonds. The van der Waals surface area contributed by atoms with Crippen molar-refractivity contribution in [3.8, 4) is 0 Å². The summed E-state index contributed by atoms with van der Waals surface area (Å²) in [6.45, 7) is 2.17. The number of hydrogen-bond donors (Lipinski definition) is 0. The molecule has 3 nitrogen and oxygen atoms in total. The van der Waals surface area contributed by atoms with Crippen LogP contribution in [0.5, 0.6) is 0 Å². The Morgan fingerprint density at radius 3 is 2.89 bits per heavy atom. The number of carbonyl (C=O) groups excluding carboxylic acids is 1. The highest BCUT2D eigenvalue weighted by atomic mass is 127. The van der Waals surface area contributed by atoms with Crippen LogP contribution in [0.15, 0.2) is 29.3 Å². The van der Waals surface area contributed by atoms with Gasteiger partial charge < -0.3 is 4.74 Å². The van der Waals surface area contributed by atoms with E-state index in [1.165, 1.54) is 4.90 Å². The largest absolute Gasteiger partial charge is 0.462 e. The van der Waals surface area contributed by atoms with Crippen LogP contribution in [0.2, 0.25) is 0 Å². The van der Waals surface area contributed by atoms with Crippen molar-refractivity contribution in [2.24, 2.45) is 0 Å². The van der Waals surface area contributed by atoms with Crippen LogP contribution < -0.4 is 0 Å². The molecule has 94 valence electrons. The SMILES string of the molecule is CCOC(=O)c1cnc2cc(SC)c(I)cc2c1. The maximum atomic E-state index is 11.6. The molecule has 1 aromatic carbocycles. The van der Waals surface area contributed by atoms with Gasteiger partial charge in [0.05, 0.1) is 17.7 Å². The smallest absolute Gasteiger partial charge is 0.339 e. The number of fused-ring (bicyclic) bond motifs is 1. The fourth-order valence-corrected chi connectivity index (χ4v) is 3.25. The van der Waals surface area contributed by atoms with Crippen LogP contribution in [0.3, 0.4) is 0 Å². The van der Waals surface area contributed by atoms with Crippen LogP contribution in [-0.2, 0) is 4.74 Å². The average Bonchev–Trinajstić information content (AvgIpc) is 2.37. The molecule has 0 spiro atoms. The summed E-state index contributed by atoms with van der Waals surface area (Å²) in [4.78, 5) is 17.1. The van der Waals surface area contributed by atoms with E-state index in [0.29, 0.717) is 12.2 Å². The van der Waals surface area contributed by atoms with Gasteiger partial charge in [-0.05, 0) is 54.0 Å². The maximum Gasteiger partial charge on any atom is 0.339 e. The van der Waals surface area contributed by atoms with Crippen molar-refractivity contribution < 1.29 is 9.53 Å². The summed E-state index contributed by atoms with van der Waals surface area (Å²) in [7, 11) is 0. The highest BCUT2D eigenvalue weighted by molar-refractivity contribution is 14.1. The fraction of sp³-hybridized carbons (Fsp3) is 0.231. The Bertz CT molecular complexity index is 601. The van der Waals surface area contributed by atoms with Crippen LogP contribution in [0.1, 0.15) is 17.3 Å². The third kappa shape index (κ3) is 2.77. The van der Waals surface area contributed by atoms with Gasteiger partial charge >= 0.3 is 5.97 Å². The highest BCUT2D eigenvalue weighted by Gasteiger charge is 2.09. The molecule has 0 fully saturated rings. The topological polar surface area (TPSA) is 39.2 Å². The van der Waals surface area contributed by atoms with E-state index >= 15 is 0 Å². The van der Waals surface area contributed by atoms with Crippen molar-refractivity contribution >= 4 is 51.2 Å². The van der Waals surface area contributed by atoms with E-state index in [4.69, 9.17) is 4.74 Å². The molecule has 0 N–H and O–H groups in total. The number of pyridine rings is 1. The van der Waals surface area contributed by atoms with Crippen LogP contribution >= 0.6 is 34.4 Å². The Hall–Kier alpha value is -0.820. The van der Waals surface area contributed by atoms with Gasteiger partial charge in [-0.1, -0.05) is 0 Å². The maximum absolute atomic E-state index is 11.6. The number of ether oxygens (including phenoxy) is 1. The summed E-state index contributed by atoms with van der Waals surface area (Å²) in [5.74, 6) is -0.323. The van der Waals surface area contributed by atoms with Crippen molar-refractivity contribution in [3.05, 3.63) is 33.5 Å². The molecule has 0 saturated carbocycles. The summed E-state index contributed by atoms with van der Waals surface area (Å²) >= 11 is 3.98. The minimum Gasteiger partial charge on any atom is -0.462 e. The summed E-state index contributed by atoms with van der Waals surface area (Å²) in [5, 5.41) is 0.961. The fourth-order valence-electron chi connectivity index (χ4n) is 1.61. The summed E-state index contributed by atoms with van der Waals surface area (Å²) in [6.07, 6.45) is 3.60. The third-order valence-corrected chi connectivity index (χ3v) is 4.50. The lowest BCUT2D eigenvalue weighted by Crippen LogP contribution is -2.05. The zero-order chi connectivity index (χ0) is 13.1. The first-order chi connectivity index (χ1) is 8.65. The first-order valence-corrected chi connectivity index (χ1v) is 7.76. The molecule has 2 aromatic rings. The minimum atomic E-state index is -0.323. The van der Waals surface area contributed by atoms with E-state index in [9.17, 15) is 4.79 Å². The molecule has 18 heavy (non-hydrogen) atoms. The van der Waals surface area contributed by atoms with Crippen LogP contribution in [-0.4, -0.2) is 23.8 Å². The second-order valence-electron chi connectivity index (χ2n) is 3.62. The van der Waals surface area contributed by atoms with Gasteiger partial charge in [0.25, 0.3) is 0 Å². The van der Waals surface area contributed by atoms with E-state index in [1.807, 2.05) is 24.5 Å². The lowest BCUT2D eigenvalue weighted by atomic mass is 10.1. The number of aromatic nitrogens is 1. The molecule has 0 unspecified atom stereocenters. The average molecular weight is 373 g/mol. The van der Waals surface area contributed by atoms with Crippen molar-refractivity contribution in [1.82, 2.24) is 4.98 Å². The number of halogens is 1. The van der Waals surface area contributed by atoms with Gasteiger partial charge in [-0.2, -0.15) is 0 Å². The molecule has 1 heterocycles. The first-order valence-electron chi connectivity index (χ1n) is 5.46. The lowest BCUT2D eigenvalue weighted by molar-refractivity contribution is 0.0526. The number of benzene rings is 1. The molecule has 0 aliphatic rings. The van der Waals surface area contributed by atoms with Gasteiger partial charge in [-0.3, -0.25) is 4.98 Å². The minimum absolute atomic E-state index is 0.323. The van der Waals surface area contributed by atoms with Crippen LogP contribution in [0.25, 0.3) is 10.9 Å². The molecular weight excluding hydrogens is 361 g/mol. The molecule has 2 rings (SSSR count). The molecule has 0 aliphatic carbocycles. The lowest BCUT2D eigenvalue weighted by Gasteiger charge is -2.06. The number of hydrogen-bond acceptors (Lipinski definition) is 4. The molecule has 5 heteroatoms. The van der Waals surface area contributed by atoms with E-state index in [1.54, 1.807) is 24.9 Å². The number of rotatable bonds is 3. The van der Waals surface area contributed by atoms with E-state index in [-0.39, 0.29) is 5.97 Å². The van der Waals surface area contributed by atoms with Gasteiger partial charge in [0, 0.05) is 20.0 Å². The molecular formula is C13H12INO2S. The molecule has 0 atom stereocenters. The highest BCUT2D eigenvalue weighted by Crippen LogP contribution is 2.27. The Labute approximate surface area is 123 Å². The monoisotopic (exact) mass is 373 g/mol. The van der Waals surface area contributed by atoms with Crippen molar-refractivity contribution in [2.45, 2.75) is 11.8 Å². The first kappa shape index (κ1) is 13.6. The number of esters is 1. The van der Waals surface area contributed by atoms with Crippen molar-refractivity contribution in [2.75, 3.05) is 12.9 Å². The Balaban J connectivity index is 2.49. The van der Waals surface area contributed by atoms with Gasteiger partial charge in [0.2, 0.25) is 0 Å². The normalized spacial score (nSPS) is 10.6. The number of carbonyl (C=O) groups is 1. The van der Waals surface area contributed by atoms with E-state index in [2.05, 4.69) is 27.6 Å². The zero-order valence-electron chi connectivity index (χ0n) is 10.1. The van der Waals surface area contributed by atoms with Gasteiger partial charge in [0.15, 0.2) is 0 Å². The second-order valence-corrected chi connectivity index (χ2v) is 5.63. The standard InChI is InChI=1S/C13H12INO2S/c1-3-17-13(16)9-4-8-5-10(14)12(18-2)6-11(8)15-7-9/h4-7H,3H2,1-2H3. The van der Waals surface area contributed by atoms with Crippen molar-refractivity contribution in [1.29, 1.82) is 0 Å². The second kappa shape index (κ2) is 5.88.